The highest BCUT2D eigenvalue weighted by Gasteiger charge is 2.07. The smallest absolute Gasteiger partial charge is 0.387 e. The Morgan fingerprint density at radius 2 is 2.07 bits per heavy atom. The number of ether oxygens (including phenoxy) is 1. The van der Waals surface area contributed by atoms with Crippen LogP contribution < -0.4 is 10.1 Å². The average Bonchev–Trinajstić information content (AvgIpc) is 2.20. The summed E-state index contributed by atoms with van der Waals surface area (Å²) in [5, 5.41) is 11.5. The molecule has 0 amide bonds. The predicted molar refractivity (Wildman–Crippen MR) is 53.3 cm³/mol. The average molecular weight is 217 g/mol. The molecule has 0 aliphatic heterocycles. The van der Waals surface area contributed by atoms with Crippen molar-refractivity contribution in [2.75, 3.05) is 18.5 Å². The van der Waals surface area contributed by atoms with Gasteiger partial charge in [-0.15, -0.1) is 0 Å². The number of nitrogens with one attached hydrogen (secondary N) is 1. The third kappa shape index (κ3) is 4.12. The highest BCUT2D eigenvalue weighted by Crippen LogP contribution is 2.25. The molecule has 0 atom stereocenters. The number of benzene rings is 1. The minimum absolute atomic E-state index is 0.0604. The largest absolute Gasteiger partial charge is 0.433 e. The first kappa shape index (κ1) is 11.7. The van der Waals surface area contributed by atoms with E-state index in [4.69, 9.17) is 5.11 Å². The number of hydrogen-bond acceptors (Lipinski definition) is 3. The number of aliphatic hydroxyl groups excluding tert-OH is 1. The van der Waals surface area contributed by atoms with Gasteiger partial charge in [0.15, 0.2) is 0 Å². The number of hydrogen-bond donors (Lipinski definition) is 2. The quantitative estimate of drug-likeness (QED) is 0.717. The molecule has 0 saturated carbocycles. The summed E-state index contributed by atoms with van der Waals surface area (Å²) in [4.78, 5) is 0. The first-order chi connectivity index (χ1) is 7.24. The van der Waals surface area contributed by atoms with Crippen LogP contribution in [0.1, 0.15) is 6.42 Å². The third-order valence-corrected chi connectivity index (χ3v) is 1.75. The molecule has 0 unspecified atom stereocenters. The van der Waals surface area contributed by atoms with Crippen molar-refractivity contribution in [1.82, 2.24) is 0 Å². The Kier molecular flexibility index (Phi) is 4.83. The summed E-state index contributed by atoms with van der Waals surface area (Å²) in [6.07, 6.45) is 0.559. The summed E-state index contributed by atoms with van der Waals surface area (Å²) < 4.78 is 28.3. The van der Waals surface area contributed by atoms with Crippen molar-refractivity contribution >= 4 is 5.69 Å². The molecule has 84 valence electrons. The van der Waals surface area contributed by atoms with Crippen LogP contribution in [0, 0.1) is 0 Å². The van der Waals surface area contributed by atoms with Gasteiger partial charge < -0.3 is 15.2 Å². The number of aliphatic hydroxyl groups is 1. The van der Waals surface area contributed by atoms with E-state index in [1.54, 1.807) is 18.2 Å². The Morgan fingerprint density at radius 1 is 1.33 bits per heavy atom. The Balaban J connectivity index is 2.60. The molecule has 1 aromatic carbocycles. The Morgan fingerprint density at radius 3 is 2.73 bits per heavy atom. The van der Waals surface area contributed by atoms with Gasteiger partial charge >= 0.3 is 6.61 Å². The second kappa shape index (κ2) is 6.19. The van der Waals surface area contributed by atoms with E-state index in [2.05, 4.69) is 10.1 Å². The lowest BCUT2D eigenvalue weighted by Crippen LogP contribution is -2.08. The summed E-state index contributed by atoms with van der Waals surface area (Å²) in [6, 6.07) is 6.46. The highest BCUT2D eigenvalue weighted by molar-refractivity contribution is 5.56. The Bertz CT molecular complexity index is 295. The van der Waals surface area contributed by atoms with Gasteiger partial charge in [0.25, 0.3) is 0 Å². The van der Waals surface area contributed by atoms with E-state index >= 15 is 0 Å². The lowest BCUT2D eigenvalue weighted by Gasteiger charge is -2.11. The van der Waals surface area contributed by atoms with Gasteiger partial charge in [-0.3, -0.25) is 0 Å². The van der Waals surface area contributed by atoms with Crippen LogP contribution in [-0.4, -0.2) is 24.9 Å². The highest BCUT2D eigenvalue weighted by atomic mass is 19.3. The summed E-state index contributed by atoms with van der Waals surface area (Å²) in [5.74, 6) is 0.116. The molecular formula is C10H13F2NO2. The summed E-state index contributed by atoms with van der Waals surface area (Å²) in [7, 11) is 0. The van der Waals surface area contributed by atoms with E-state index in [0.29, 0.717) is 18.7 Å². The molecular weight excluding hydrogens is 204 g/mol. The molecule has 5 heteroatoms. The van der Waals surface area contributed by atoms with Crippen LogP contribution in [-0.2, 0) is 0 Å². The van der Waals surface area contributed by atoms with E-state index < -0.39 is 6.61 Å². The maximum absolute atomic E-state index is 12.0. The van der Waals surface area contributed by atoms with Crippen LogP contribution in [0.2, 0.25) is 0 Å². The SMILES string of the molecule is OCCCNc1ccccc1OC(F)F. The summed E-state index contributed by atoms with van der Waals surface area (Å²) in [5.41, 5.74) is 0.506. The molecule has 0 fully saturated rings. The molecule has 15 heavy (non-hydrogen) atoms. The minimum Gasteiger partial charge on any atom is -0.433 e. The third-order valence-electron chi connectivity index (χ3n) is 1.75. The lowest BCUT2D eigenvalue weighted by molar-refractivity contribution is -0.0493. The monoisotopic (exact) mass is 217 g/mol. The topological polar surface area (TPSA) is 41.5 Å². The molecule has 0 radical (unpaired) electrons. The second-order valence-corrected chi connectivity index (χ2v) is 2.88. The fraction of sp³-hybridized carbons (Fsp3) is 0.400. The van der Waals surface area contributed by atoms with Gasteiger partial charge in [-0.1, -0.05) is 12.1 Å². The molecule has 2 N–H and O–H groups in total. The molecule has 0 aliphatic rings. The maximum Gasteiger partial charge on any atom is 0.387 e. The number of alkyl halides is 2. The molecule has 1 rings (SSSR count). The summed E-state index contributed by atoms with van der Waals surface area (Å²) >= 11 is 0. The maximum atomic E-state index is 12.0. The first-order valence-corrected chi connectivity index (χ1v) is 4.62. The van der Waals surface area contributed by atoms with E-state index in [0.717, 1.165) is 0 Å². The Labute approximate surface area is 86.7 Å². The molecule has 0 spiro atoms. The van der Waals surface area contributed by atoms with Crippen molar-refractivity contribution in [2.24, 2.45) is 0 Å². The number of rotatable bonds is 6. The van der Waals surface area contributed by atoms with Gasteiger partial charge in [0.05, 0.1) is 5.69 Å². The molecule has 0 saturated heterocycles. The van der Waals surface area contributed by atoms with Crippen LogP contribution in [0.25, 0.3) is 0 Å². The molecule has 3 nitrogen and oxygen atoms in total. The van der Waals surface area contributed by atoms with Crippen molar-refractivity contribution in [3.05, 3.63) is 24.3 Å². The minimum atomic E-state index is -2.83. The van der Waals surface area contributed by atoms with Gasteiger partial charge in [-0.2, -0.15) is 8.78 Å². The van der Waals surface area contributed by atoms with Gasteiger partial charge in [0.1, 0.15) is 5.75 Å². The molecule has 0 heterocycles. The van der Waals surface area contributed by atoms with Crippen LogP contribution in [0.15, 0.2) is 24.3 Å². The second-order valence-electron chi connectivity index (χ2n) is 2.88. The van der Waals surface area contributed by atoms with Crippen molar-refractivity contribution in [3.63, 3.8) is 0 Å². The first-order valence-electron chi connectivity index (χ1n) is 4.62. The van der Waals surface area contributed by atoms with E-state index in [-0.39, 0.29) is 12.4 Å². The van der Waals surface area contributed by atoms with Crippen LogP contribution in [0.3, 0.4) is 0 Å². The number of halogens is 2. The van der Waals surface area contributed by atoms with Gasteiger partial charge in [0.2, 0.25) is 0 Å². The van der Waals surface area contributed by atoms with Crippen molar-refractivity contribution < 1.29 is 18.6 Å². The van der Waals surface area contributed by atoms with Crippen molar-refractivity contribution in [3.8, 4) is 5.75 Å². The number of anilines is 1. The van der Waals surface area contributed by atoms with E-state index in [9.17, 15) is 8.78 Å². The van der Waals surface area contributed by atoms with Gasteiger partial charge in [-0.05, 0) is 18.6 Å². The van der Waals surface area contributed by atoms with Crippen LogP contribution >= 0.6 is 0 Å². The van der Waals surface area contributed by atoms with Crippen molar-refractivity contribution in [1.29, 1.82) is 0 Å². The fourth-order valence-corrected chi connectivity index (χ4v) is 1.11. The zero-order valence-corrected chi connectivity index (χ0v) is 8.12. The van der Waals surface area contributed by atoms with Crippen LogP contribution in [0.4, 0.5) is 14.5 Å². The molecule has 0 bridgehead atoms. The predicted octanol–water partition coefficient (Wildman–Crippen LogP) is 2.08. The van der Waals surface area contributed by atoms with Gasteiger partial charge in [-0.25, -0.2) is 0 Å². The lowest BCUT2D eigenvalue weighted by atomic mass is 10.3. The molecule has 1 aromatic rings. The van der Waals surface area contributed by atoms with E-state index in [1.165, 1.54) is 6.07 Å². The zero-order valence-electron chi connectivity index (χ0n) is 8.12. The standard InChI is InChI=1S/C10H13F2NO2/c11-10(12)15-9-5-2-1-4-8(9)13-6-3-7-14/h1-2,4-5,10,13-14H,3,6-7H2. The van der Waals surface area contributed by atoms with Gasteiger partial charge in [0, 0.05) is 13.2 Å². The molecule has 0 aliphatic carbocycles. The van der Waals surface area contributed by atoms with Crippen molar-refractivity contribution in [2.45, 2.75) is 13.0 Å². The number of para-hydroxylation sites is 2. The normalized spacial score (nSPS) is 10.4. The Hall–Kier alpha value is -1.36. The van der Waals surface area contributed by atoms with Crippen LogP contribution in [0.5, 0.6) is 5.75 Å². The molecule has 0 aromatic heterocycles. The summed E-state index contributed by atoms with van der Waals surface area (Å²) in [6.45, 7) is -2.25. The van der Waals surface area contributed by atoms with E-state index in [1.807, 2.05) is 0 Å². The zero-order chi connectivity index (χ0) is 11.1. The fourth-order valence-electron chi connectivity index (χ4n) is 1.11.